The van der Waals surface area contributed by atoms with Gasteiger partial charge in [0.15, 0.2) is 0 Å². The number of aromatic nitrogens is 1. The zero-order chi connectivity index (χ0) is 18.8. The largest absolute Gasteiger partial charge is 0.497 e. The molecule has 0 radical (unpaired) electrons. The van der Waals surface area contributed by atoms with Gasteiger partial charge in [-0.05, 0) is 31.2 Å². The second kappa shape index (κ2) is 6.95. The maximum Gasteiger partial charge on any atom is 0.341 e. The fourth-order valence-corrected chi connectivity index (χ4v) is 2.79. The number of ether oxygens (including phenoxy) is 2. The standard InChI is InChI=1S/C19H20N2O5/c1-11-15(19(23)25-4)8-14(26-11)10-21(2)18(22)17-7-12-5-6-13(24-3)9-16(12)20-17/h5-9,20H,10H2,1-4H3. The molecule has 7 heteroatoms. The van der Waals surface area contributed by atoms with Crippen LogP contribution in [-0.4, -0.2) is 43.0 Å². The van der Waals surface area contributed by atoms with E-state index in [9.17, 15) is 9.59 Å². The van der Waals surface area contributed by atoms with Crippen molar-refractivity contribution < 1.29 is 23.5 Å². The third-order valence-corrected chi connectivity index (χ3v) is 4.17. The molecule has 0 atom stereocenters. The summed E-state index contributed by atoms with van der Waals surface area (Å²) in [7, 11) is 4.58. The lowest BCUT2D eigenvalue weighted by atomic mass is 10.2. The molecule has 136 valence electrons. The van der Waals surface area contributed by atoms with Gasteiger partial charge in [0.2, 0.25) is 0 Å². The summed E-state index contributed by atoms with van der Waals surface area (Å²) < 4.78 is 15.5. The monoisotopic (exact) mass is 356 g/mol. The predicted molar refractivity (Wildman–Crippen MR) is 95.4 cm³/mol. The number of rotatable bonds is 5. The molecule has 1 aromatic carbocycles. The summed E-state index contributed by atoms with van der Waals surface area (Å²) in [5.41, 5.74) is 1.65. The number of fused-ring (bicyclic) bond motifs is 1. The number of benzene rings is 1. The number of amides is 1. The van der Waals surface area contributed by atoms with Crippen LogP contribution in [-0.2, 0) is 11.3 Å². The van der Waals surface area contributed by atoms with E-state index in [2.05, 4.69) is 4.98 Å². The lowest BCUT2D eigenvalue weighted by Gasteiger charge is -2.14. The highest BCUT2D eigenvalue weighted by Gasteiger charge is 2.19. The zero-order valence-electron chi connectivity index (χ0n) is 15.1. The third kappa shape index (κ3) is 3.28. The summed E-state index contributed by atoms with van der Waals surface area (Å²) in [5, 5.41) is 0.921. The van der Waals surface area contributed by atoms with Gasteiger partial charge in [0.25, 0.3) is 5.91 Å². The van der Waals surface area contributed by atoms with Crippen molar-refractivity contribution in [3.8, 4) is 5.75 Å². The number of hydrogen-bond acceptors (Lipinski definition) is 5. The second-order valence-corrected chi connectivity index (χ2v) is 5.97. The Balaban J connectivity index is 1.78. The topological polar surface area (TPSA) is 84.8 Å². The Morgan fingerprint density at radius 3 is 2.65 bits per heavy atom. The molecule has 3 rings (SSSR count). The highest BCUT2D eigenvalue weighted by Crippen LogP contribution is 2.22. The lowest BCUT2D eigenvalue weighted by Crippen LogP contribution is -2.26. The smallest absolute Gasteiger partial charge is 0.341 e. The van der Waals surface area contributed by atoms with Crippen LogP contribution in [0.5, 0.6) is 5.75 Å². The van der Waals surface area contributed by atoms with E-state index in [1.807, 2.05) is 18.2 Å². The van der Waals surface area contributed by atoms with Crippen LogP contribution < -0.4 is 4.74 Å². The number of H-pyrrole nitrogens is 1. The van der Waals surface area contributed by atoms with Gasteiger partial charge in [-0.15, -0.1) is 0 Å². The number of carbonyl (C=O) groups excluding carboxylic acids is 2. The average Bonchev–Trinajstić information content (AvgIpc) is 3.22. The Morgan fingerprint density at radius 1 is 1.19 bits per heavy atom. The van der Waals surface area contributed by atoms with E-state index in [-0.39, 0.29) is 12.5 Å². The van der Waals surface area contributed by atoms with Crippen LogP contribution in [0.2, 0.25) is 0 Å². The number of hydrogen-bond donors (Lipinski definition) is 1. The first-order chi connectivity index (χ1) is 12.4. The molecular formula is C19H20N2O5. The van der Waals surface area contributed by atoms with Gasteiger partial charge >= 0.3 is 5.97 Å². The normalized spacial score (nSPS) is 10.8. The maximum atomic E-state index is 12.7. The molecule has 26 heavy (non-hydrogen) atoms. The van der Waals surface area contributed by atoms with Crippen molar-refractivity contribution in [2.45, 2.75) is 13.5 Å². The van der Waals surface area contributed by atoms with Crippen molar-refractivity contribution in [2.75, 3.05) is 21.3 Å². The van der Waals surface area contributed by atoms with Crippen LogP contribution >= 0.6 is 0 Å². The third-order valence-electron chi connectivity index (χ3n) is 4.17. The number of esters is 1. The highest BCUT2D eigenvalue weighted by molar-refractivity contribution is 5.98. The van der Waals surface area contributed by atoms with Gasteiger partial charge in [-0.25, -0.2) is 4.79 Å². The molecule has 0 aliphatic heterocycles. The predicted octanol–water partition coefficient (Wildman–Crippen LogP) is 3.14. The fourth-order valence-electron chi connectivity index (χ4n) is 2.79. The summed E-state index contributed by atoms with van der Waals surface area (Å²) in [6, 6.07) is 8.96. The zero-order valence-corrected chi connectivity index (χ0v) is 15.1. The first-order valence-electron chi connectivity index (χ1n) is 8.02. The highest BCUT2D eigenvalue weighted by atomic mass is 16.5. The van der Waals surface area contributed by atoms with Gasteiger partial charge < -0.3 is 23.8 Å². The van der Waals surface area contributed by atoms with Crippen LogP contribution in [0.4, 0.5) is 0 Å². The molecular weight excluding hydrogens is 336 g/mol. The Morgan fingerprint density at radius 2 is 1.96 bits per heavy atom. The second-order valence-electron chi connectivity index (χ2n) is 5.97. The molecule has 0 spiro atoms. The maximum absolute atomic E-state index is 12.7. The molecule has 0 saturated heterocycles. The van der Waals surface area contributed by atoms with Gasteiger partial charge in [-0.3, -0.25) is 4.79 Å². The van der Waals surface area contributed by atoms with Crippen molar-refractivity contribution in [3.63, 3.8) is 0 Å². The molecule has 0 unspecified atom stereocenters. The van der Waals surface area contributed by atoms with Crippen LogP contribution in [0, 0.1) is 6.92 Å². The van der Waals surface area contributed by atoms with Crippen LogP contribution in [0.1, 0.15) is 32.4 Å². The van der Waals surface area contributed by atoms with E-state index in [1.165, 1.54) is 12.0 Å². The number of furan rings is 1. The van der Waals surface area contributed by atoms with E-state index >= 15 is 0 Å². The van der Waals surface area contributed by atoms with Crippen LogP contribution in [0.15, 0.2) is 34.7 Å². The quantitative estimate of drug-likeness (QED) is 0.710. The minimum Gasteiger partial charge on any atom is -0.497 e. The number of aryl methyl sites for hydroxylation is 1. The van der Waals surface area contributed by atoms with E-state index in [0.29, 0.717) is 28.5 Å². The number of methoxy groups -OCH3 is 2. The van der Waals surface area contributed by atoms with E-state index in [0.717, 1.165) is 10.9 Å². The molecule has 0 aliphatic rings. The summed E-state index contributed by atoms with van der Waals surface area (Å²) >= 11 is 0. The lowest BCUT2D eigenvalue weighted by molar-refractivity contribution is 0.0598. The summed E-state index contributed by atoms with van der Waals surface area (Å²) in [6.07, 6.45) is 0. The Kier molecular flexibility index (Phi) is 4.71. The summed E-state index contributed by atoms with van der Waals surface area (Å²) in [5.74, 6) is 1.04. The minimum absolute atomic E-state index is 0.186. The molecule has 0 aliphatic carbocycles. The van der Waals surface area contributed by atoms with Crippen LogP contribution in [0.25, 0.3) is 10.9 Å². The SMILES string of the molecule is COC(=O)c1cc(CN(C)C(=O)c2cc3ccc(OC)cc3[nH]2)oc1C. The average molecular weight is 356 g/mol. The van der Waals surface area contributed by atoms with Gasteiger partial charge in [-0.2, -0.15) is 0 Å². The van der Waals surface area contributed by atoms with Crippen molar-refractivity contribution in [3.05, 3.63) is 53.1 Å². The first kappa shape index (κ1) is 17.6. The van der Waals surface area contributed by atoms with Crippen molar-refractivity contribution >= 4 is 22.8 Å². The molecule has 2 aromatic heterocycles. The van der Waals surface area contributed by atoms with E-state index < -0.39 is 5.97 Å². The summed E-state index contributed by atoms with van der Waals surface area (Å²) in [6.45, 7) is 1.91. The van der Waals surface area contributed by atoms with Crippen molar-refractivity contribution in [1.82, 2.24) is 9.88 Å². The van der Waals surface area contributed by atoms with Gasteiger partial charge in [0, 0.05) is 24.0 Å². The van der Waals surface area contributed by atoms with Gasteiger partial charge in [-0.1, -0.05) is 0 Å². The Hall–Kier alpha value is -3.22. The number of nitrogens with one attached hydrogen (secondary N) is 1. The molecule has 0 bridgehead atoms. The minimum atomic E-state index is -0.462. The molecule has 0 saturated carbocycles. The molecule has 7 nitrogen and oxygen atoms in total. The van der Waals surface area contributed by atoms with Crippen LogP contribution in [0.3, 0.4) is 0 Å². The number of aromatic amines is 1. The molecule has 2 heterocycles. The van der Waals surface area contributed by atoms with Crippen molar-refractivity contribution in [2.24, 2.45) is 0 Å². The molecule has 0 fully saturated rings. The Bertz CT molecular complexity index is 970. The number of carbonyl (C=O) groups is 2. The van der Waals surface area contributed by atoms with E-state index in [1.54, 1.807) is 33.2 Å². The van der Waals surface area contributed by atoms with Gasteiger partial charge in [0.05, 0.1) is 20.8 Å². The first-order valence-corrected chi connectivity index (χ1v) is 8.02. The molecule has 3 aromatic rings. The Labute approximate surface area is 150 Å². The molecule has 1 N–H and O–H groups in total. The fraction of sp³-hybridized carbons (Fsp3) is 0.263. The van der Waals surface area contributed by atoms with Gasteiger partial charge in [0.1, 0.15) is 28.5 Å². The molecule has 1 amide bonds. The number of nitrogens with zero attached hydrogens (tertiary/aromatic N) is 1. The van der Waals surface area contributed by atoms with Crippen molar-refractivity contribution in [1.29, 1.82) is 0 Å². The summed E-state index contributed by atoms with van der Waals surface area (Å²) in [4.78, 5) is 29.0. The van der Waals surface area contributed by atoms with E-state index in [4.69, 9.17) is 13.9 Å².